The maximum absolute atomic E-state index is 12.6. The van der Waals surface area contributed by atoms with Crippen LogP contribution in [0, 0.1) is 0 Å². The monoisotopic (exact) mass is 330 g/mol. The van der Waals surface area contributed by atoms with Crippen molar-refractivity contribution in [2.24, 2.45) is 0 Å². The summed E-state index contributed by atoms with van der Waals surface area (Å²) in [5, 5.41) is -0.595. The van der Waals surface area contributed by atoms with E-state index in [2.05, 4.69) is 15.9 Å². The van der Waals surface area contributed by atoms with Crippen LogP contribution in [0.25, 0.3) is 0 Å². The van der Waals surface area contributed by atoms with Crippen LogP contribution in [0.2, 0.25) is 5.02 Å². The van der Waals surface area contributed by atoms with Crippen LogP contribution in [0.5, 0.6) is 5.75 Å². The molecule has 0 saturated carbocycles. The number of rotatable bonds is 3. The minimum absolute atomic E-state index is 0.0208. The van der Waals surface area contributed by atoms with Crippen molar-refractivity contribution >= 4 is 33.3 Å². The molecule has 0 saturated heterocycles. The molecule has 0 spiro atoms. The molecule has 0 unspecified atom stereocenters. The molecule has 0 aliphatic rings. The largest absolute Gasteiger partial charge is 0.496 e. The Labute approximate surface area is 109 Å². The quantitative estimate of drug-likeness (QED) is 0.619. The van der Waals surface area contributed by atoms with Gasteiger partial charge in [0, 0.05) is 6.07 Å². The lowest BCUT2D eigenvalue weighted by atomic mass is 10.1. The topological polar surface area (TPSA) is 26.3 Å². The maximum atomic E-state index is 12.6. The molecule has 1 aromatic rings. The second kappa shape index (κ2) is 5.27. The van der Waals surface area contributed by atoms with Crippen LogP contribution < -0.4 is 4.74 Å². The van der Waals surface area contributed by atoms with Crippen molar-refractivity contribution in [3.8, 4) is 5.75 Å². The molecule has 0 aliphatic heterocycles. The number of Topliss-reactive ketones (excluding diaryl/α,β-unsaturated/α-hetero) is 1. The summed E-state index contributed by atoms with van der Waals surface area (Å²) in [5.74, 6) is -0.489. The molecule has 17 heavy (non-hydrogen) atoms. The van der Waals surface area contributed by atoms with E-state index in [1.54, 1.807) is 0 Å². The standard InChI is InChI=1S/C10H7BrClF3O2/c1-17-9-3-7(12)6(10(13,14)15)2-5(9)8(16)4-11/h2-3H,4H2,1H3. The van der Waals surface area contributed by atoms with Gasteiger partial charge >= 0.3 is 6.18 Å². The Morgan fingerprint density at radius 3 is 2.47 bits per heavy atom. The average molecular weight is 332 g/mol. The van der Waals surface area contributed by atoms with Gasteiger partial charge in [0.25, 0.3) is 0 Å². The van der Waals surface area contributed by atoms with Crippen LogP contribution in [0.1, 0.15) is 15.9 Å². The van der Waals surface area contributed by atoms with E-state index in [1.165, 1.54) is 7.11 Å². The van der Waals surface area contributed by atoms with Gasteiger partial charge < -0.3 is 4.74 Å². The summed E-state index contributed by atoms with van der Waals surface area (Å²) in [7, 11) is 1.25. The van der Waals surface area contributed by atoms with Gasteiger partial charge in [-0.05, 0) is 6.07 Å². The first kappa shape index (κ1) is 14.3. The number of ketones is 1. The number of halogens is 5. The normalized spacial score (nSPS) is 11.4. The molecule has 0 aromatic heterocycles. The number of carbonyl (C=O) groups excluding carboxylic acids is 1. The average Bonchev–Trinajstić information content (AvgIpc) is 2.25. The highest BCUT2D eigenvalue weighted by molar-refractivity contribution is 9.09. The summed E-state index contributed by atoms with van der Waals surface area (Å²) >= 11 is 8.38. The Morgan fingerprint density at radius 2 is 2.06 bits per heavy atom. The van der Waals surface area contributed by atoms with Crippen LogP contribution in [0.15, 0.2) is 12.1 Å². The number of hydrogen-bond acceptors (Lipinski definition) is 2. The van der Waals surface area contributed by atoms with Crippen LogP contribution in [0.3, 0.4) is 0 Å². The number of hydrogen-bond donors (Lipinski definition) is 0. The van der Waals surface area contributed by atoms with Crippen molar-refractivity contribution in [1.29, 1.82) is 0 Å². The van der Waals surface area contributed by atoms with Gasteiger partial charge in [-0.3, -0.25) is 4.79 Å². The molecular formula is C10H7BrClF3O2. The summed E-state index contributed by atoms with van der Waals surface area (Å²) in [6, 6.07) is 1.69. The van der Waals surface area contributed by atoms with Crippen molar-refractivity contribution in [3.63, 3.8) is 0 Å². The predicted octanol–water partition coefficient (Wildman–Crippen LogP) is 3.95. The van der Waals surface area contributed by atoms with Crippen LogP contribution in [-0.4, -0.2) is 18.2 Å². The summed E-state index contributed by atoms with van der Waals surface area (Å²) in [6.07, 6.45) is -4.61. The molecule has 0 fully saturated rings. The zero-order valence-electron chi connectivity index (χ0n) is 8.57. The number of benzene rings is 1. The number of methoxy groups -OCH3 is 1. The highest BCUT2D eigenvalue weighted by Crippen LogP contribution is 2.38. The van der Waals surface area contributed by atoms with Gasteiger partial charge in [0.2, 0.25) is 0 Å². The van der Waals surface area contributed by atoms with E-state index in [9.17, 15) is 18.0 Å². The second-order valence-electron chi connectivity index (χ2n) is 3.09. The molecule has 0 amide bonds. The Balaban J connectivity index is 3.43. The van der Waals surface area contributed by atoms with E-state index in [-0.39, 0.29) is 16.6 Å². The smallest absolute Gasteiger partial charge is 0.417 e. The fourth-order valence-corrected chi connectivity index (χ4v) is 1.79. The zero-order chi connectivity index (χ0) is 13.2. The number of alkyl halides is 4. The number of carbonyl (C=O) groups is 1. The lowest BCUT2D eigenvalue weighted by molar-refractivity contribution is -0.137. The minimum Gasteiger partial charge on any atom is -0.496 e. The van der Waals surface area contributed by atoms with Crippen molar-refractivity contribution in [2.45, 2.75) is 6.18 Å². The summed E-state index contributed by atoms with van der Waals surface area (Å²) in [5.41, 5.74) is -1.20. The first-order valence-corrected chi connectivity index (χ1v) is 5.85. The first-order chi connectivity index (χ1) is 7.81. The molecule has 0 atom stereocenters. The molecule has 0 bridgehead atoms. The molecule has 0 heterocycles. The fraction of sp³-hybridized carbons (Fsp3) is 0.300. The SMILES string of the molecule is COc1cc(Cl)c(C(F)(F)F)cc1C(=O)CBr. The lowest BCUT2D eigenvalue weighted by Gasteiger charge is -2.13. The molecule has 2 nitrogen and oxygen atoms in total. The minimum atomic E-state index is -4.61. The zero-order valence-corrected chi connectivity index (χ0v) is 10.9. The molecule has 7 heteroatoms. The van der Waals surface area contributed by atoms with Crippen LogP contribution in [-0.2, 0) is 6.18 Å². The Kier molecular flexibility index (Phi) is 4.43. The Bertz CT molecular complexity index is 446. The molecule has 0 N–H and O–H groups in total. The Morgan fingerprint density at radius 1 is 1.47 bits per heavy atom. The van der Waals surface area contributed by atoms with Crippen molar-refractivity contribution < 1.29 is 22.7 Å². The Hall–Kier alpha value is -0.750. The lowest BCUT2D eigenvalue weighted by Crippen LogP contribution is -2.10. The maximum Gasteiger partial charge on any atom is 0.417 e. The predicted molar refractivity (Wildman–Crippen MR) is 61.1 cm³/mol. The van der Waals surface area contributed by atoms with E-state index < -0.39 is 22.5 Å². The third-order valence-electron chi connectivity index (χ3n) is 2.02. The van der Waals surface area contributed by atoms with Crippen LogP contribution in [0.4, 0.5) is 13.2 Å². The van der Waals surface area contributed by atoms with Gasteiger partial charge in [-0.2, -0.15) is 13.2 Å². The van der Waals surface area contributed by atoms with E-state index in [4.69, 9.17) is 16.3 Å². The summed E-state index contributed by atoms with van der Waals surface area (Å²) < 4.78 is 42.6. The first-order valence-electron chi connectivity index (χ1n) is 4.35. The second-order valence-corrected chi connectivity index (χ2v) is 4.05. The summed E-state index contributed by atoms with van der Waals surface area (Å²) in [4.78, 5) is 11.4. The van der Waals surface area contributed by atoms with Gasteiger partial charge in [0.15, 0.2) is 5.78 Å². The molecule has 1 rings (SSSR count). The van der Waals surface area contributed by atoms with Gasteiger partial charge in [-0.25, -0.2) is 0 Å². The van der Waals surface area contributed by atoms with Crippen molar-refractivity contribution in [2.75, 3.05) is 12.4 Å². The van der Waals surface area contributed by atoms with Gasteiger partial charge in [0.1, 0.15) is 5.75 Å². The molecule has 1 aromatic carbocycles. The molecule has 0 radical (unpaired) electrons. The number of ether oxygens (including phenoxy) is 1. The molecule has 94 valence electrons. The van der Waals surface area contributed by atoms with E-state index >= 15 is 0 Å². The van der Waals surface area contributed by atoms with E-state index in [0.29, 0.717) is 6.07 Å². The third kappa shape index (κ3) is 3.13. The van der Waals surface area contributed by atoms with E-state index in [1.807, 2.05) is 0 Å². The molecule has 0 aliphatic carbocycles. The van der Waals surface area contributed by atoms with Gasteiger partial charge in [0.05, 0.1) is 28.6 Å². The van der Waals surface area contributed by atoms with Gasteiger partial charge in [-0.1, -0.05) is 27.5 Å². The molecular weight excluding hydrogens is 324 g/mol. The van der Waals surface area contributed by atoms with Crippen LogP contribution >= 0.6 is 27.5 Å². The fourth-order valence-electron chi connectivity index (χ4n) is 1.23. The van der Waals surface area contributed by atoms with Crippen molar-refractivity contribution in [1.82, 2.24) is 0 Å². The third-order valence-corrected chi connectivity index (χ3v) is 2.84. The van der Waals surface area contributed by atoms with Crippen molar-refractivity contribution in [3.05, 3.63) is 28.3 Å². The highest BCUT2D eigenvalue weighted by Gasteiger charge is 2.34. The van der Waals surface area contributed by atoms with E-state index in [0.717, 1.165) is 6.07 Å². The van der Waals surface area contributed by atoms with Gasteiger partial charge in [-0.15, -0.1) is 0 Å². The summed E-state index contributed by atoms with van der Waals surface area (Å²) in [6.45, 7) is 0. The highest BCUT2D eigenvalue weighted by atomic mass is 79.9.